The maximum atomic E-state index is 11.3. The molecule has 0 bridgehead atoms. The maximum Gasteiger partial charge on any atom is 0.409 e. The fourth-order valence-electron chi connectivity index (χ4n) is 1.90. The zero-order valence-corrected chi connectivity index (χ0v) is 10.2. The van der Waals surface area contributed by atoms with E-state index in [-0.39, 0.29) is 6.09 Å². The largest absolute Gasteiger partial charge is 0.453 e. The molecule has 1 fully saturated rings. The quantitative estimate of drug-likeness (QED) is 0.766. The van der Waals surface area contributed by atoms with E-state index in [1.807, 2.05) is 6.92 Å². The van der Waals surface area contributed by atoms with Crippen LogP contribution in [0.4, 0.5) is 4.79 Å². The Morgan fingerprint density at radius 2 is 2.18 bits per heavy atom. The molecule has 1 aliphatic heterocycles. The number of rotatable bonds is 2. The van der Waals surface area contributed by atoms with Crippen LogP contribution < -0.4 is 0 Å². The van der Waals surface area contributed by atoms with Gasteiger partial charge in [0, 0.05) is 26.2 Å². The Morgan fingerprint density at radius 3 is 2.71 bits per heavy atom. The first-order chi connectivity index (χ1) is 8.20. The number of carbonyl (C=O) groups excluding carboxylic acids is 1. The van der Waals surface area contributed by atoms with E-state index in [4.69, 9.17) is 4.42 Å². The molecule has 6 nitrogen and oxygen atoms in total. The van der Waals surface area contributed by atoms with Gasteiger partial charge < -0.3 is 14.1 Å². The molecule has 94 valence electrons. The summed E-state index contributed by atoms with van der Waals surface area (Å²) in [5.41, 5.74) is 0.931. The molecule has 6 heteroatoms. The lowest BCUT2D eigenvalue weighted by Gasteiger charge is -2.33. The second kappa shape index (κ2) is 5.18. The van der Waals surface area contributed by atoms with Crippen LogP contribution in [0.15, 0.2) is 10.8 Å². The van der Waals surface area contributed by atoms with E-state index in [9.17, 15) is 4.79 Å². The van der Waals surface area contributed by atoms with Crippen molar-refractivity contribution >= 4 is 6.09 Å². The topological polar surface area (TPSA) is 58.8 Å². The first-order valence-electron chi connectivity index (χ1n) is 5.65. The molecule has 0 saturated carbocycles. The van der Waals surface area contributed by atoms with Crippen molar-refractivity contribution in [2.24, 2.45) is 0 Å². The zero-order chi connectivity index (χ0) is 12.3. The van der Waals surface area contributed by atoms with E-state index in [1.165, 1.54) is 13.5 Å². The number of amides is 1. The first kappa shape index (κ1) is 11.9. The van der Waals surface area contributed by atoms with Gasteiger partial charge in [0.1, 0.15) is 5.76 Å². The minimum absolute atomic E-state index is 0.250. The minimum Gasteiger partial charge on any atom is -0.453 e. The van der Waals surface area contributed by atoms with Crippen molar-refractivity contribution in [3.8, 4) is 0 Å². The predicted molar refractivity (Wildman–Crippen MR) is 60.5 cm³/mol. The lowest BCUT2D eigenvalue weighted by Crippen LogP contribution is -2.48. The van der Waals surface area contributed by atoms with Crippen LogP contribution in [0, 0.1) is 6.92 Å². The maximum absolute atomic E-state index is 11.3. The summed E-state index contributed by atoms with van der Waals surface area (Å²) in [6, 6.07) is 0. The van der Waals surface area contributed by atoms with Gasteiger partial charge in [0.15, 0.2) is 6.39 Å². The highest BCUT2D eigenvalue weighted by Crippen LogP contribution is 2.11. The van der Waals surface area contributed by atoms with E-state index in [2.05, 4.69) is 14.6 Å². The Labute approximate surface area is 100 Å². The summed E-state index contributed by atoms with van der Waals surface area (Å²) < 4.78 is 9.99. The molecule has 1 saturated heterocycles. The fraction of sp³-hybridized carbons (Fsp3) is 0.636. The number of hydrogen-bond donors (Lipinski definition) is 0. The van der Waals surface area contributed by atoms with Crippen LogP contribution in [0.1, 0.15) is 11.5 Å². The summed E-state index contributed by atoms with van der Waals surface area (Å²) in [7, 11) is 1.41. The number of nitrogens with zero attached hydrogens (tertiary/aromatic N) is 3. The molecular weight excluding hydrogens is 222 g/mol. The number of hydrogen-bond acceptors (Lipinski definition) is 5. The Bertz CT molecular complexity index is 383. The van der Waals surface area contributed by atoms with Gasteiger partial charge in [0.25, 0.3) is 0 Å². The van der Waals surface area contributed by atoms with Gasteiger partial charge in [-0.15, -0.1) is 0 Å². The van der Waals surface area contributed by atoms with E-state index in [0.717, 1.165) is 31.1 Å². The second-order valence-corrected chi connectivity index (χ2v) is 4.09. The molecule has 2 heterocycles. The van der Waals surface area contributed by atoms with Crippen molar-refractivity contribution in [1.29, 1.82) is 0 Å². The first-order valence-corrected chi connectivity index (χ1v) is 5.65. The van der Waals surface area contributed by atoms with Crippen LogP contribution >= 0.6 is 0 Å². The van der Waals surface area contributed by atoms with Crippen LogP contribution in [0.25, 0.3) is 0 Å². The van der Waals surface area contributed by atoms with Crippen LogP contribution in [-0.2, 0) is 11.3 Å². The van der Waals surface area contributed by atoms with Crippen LogP contribution in [-0.4, -0.2) is 54.2 Å². The number of ether oxygens (including phenoxy) is 1. The van der Waals surface area contributed by atoms with Gasteiger partial charge in [-0.3, -0.25) is 4.90 Å². The lowest BCUT2D eigenvalue weighted by atomic mass is 10.3. The van der Waals surface area contributed by atoms with Crippen LogP contribution in [0.5, 0.6) is 0 Å². The van der Waals surface area contributed by atoms with Crippen molar-refractivity contribution < 1.29 is 13.9 Å². The minimum atomic E-state index is -0.250. The van der Waals surface area contributed by atoms with Crippen molar-refractivity contribution in [2.45, 2.75) is 13.5 Å². The predicted octanol–water partition coefficient (Wildman–Crippen LogP) is 0.867. The van der Waals surface area contributed by atoms with E-state index in [1.54, 1.807) is 4.90 Å². The summed E-state index contributed by atoms with van der Waals surface area (Å²) in [4.78, 5) is 19.3. The highest BCUT2D eigenvalue weighted by molar-refractivity contribution is 5.67. The van der Waals surface area contributed by atoms with Crippen LogP contribution in [0.3, 0.4) is 0 Å². The number of aromatic nitrogens is 1. The highest BCUT2D eigenvalue weighted by Gasteiger charge is 2.22. The molecule has 1 amide bonds. The summed E-state index contributed by atoms with van der Waals surface area (Å²) in [6.07, 6.45) is 1.22. The number of methoxy groups -OCH3 is 1. The van der Waals surface area contributed by atoms with E-state index < -0.39 is 0 Å². The SMILES string of the molecule is COC(=O)N1CCN(Cc2ocnc2C)CC1. The molecular formula is C11H17N3O3. The van der Waals surface area contributed by atoms with Gasteiger partial charge >= 0.3 is 6.09 Å². The van der Waals surface area contributed by atoms with Crippen molar-refractivity contribution in [3.63, 3.8) is 0 Å². The zero-order valence-electron chi connectivity index (χ0n) is 10.2. The van der Waals surface area contributed by atoms with Crippen molar-refractivity contribution in [2.75, 3.05) is 33.3 Å². The Hall–Kier alpha value is -1.56. The Kier molecular flexibility index (Phi) is 3.63. The van der Waals surface area contributed by atoms with Gasteiger partial charge in [0.05, 0.1) is 19.3 Å². The molecule has 0 N–H and O–H groups in total. The molecule has 0 atom stereocenters. The van der Waals surface area contributed by atoms with Crippen molar-refractivity contribution in [3.05, 3.63) is 17.8 Å². The average molecular weight is 239 g/mol. The molecule has 1 aromatic heterocycles. The smallest absolute Gasteiger partial charge is 0.409 e. The van der Waals surface area contributed by atoms with Gasteiger partial charge in [-0.05, 0) is 6.92 Å². The molecule has 0 aromatic carbocycles. The van der Waals surface area contributed by atoms with Crippen LogP contribution in [0.2, 0.25) is 0 Å². The molecule has 1 aromatic rings. The Balaban J connectivity index is 1.83. The summed E-state index contributed by atoms with van der Waals surface area (Å²) >= 11 is 0. The summed E-state index contributed by atoms with van der Waals surface area (Å²) in [5.74, 6) is 0.900. The third-order valence-corrected chi connectivity index (χ3v) is 3.02. The molecule has 0 radical (unpaired) electrons. The molecule has 0 unspecified atom stereocenters. The highest BCUT2D eigenvalue weighted by atomic mass is 16.5. The number of piperazine rings is 1. The molecule has 2 rings (SSSR count). The summed E-state index contributed by atoms with van der Waals surface area (Å²) in [6.45, 7) is 5.73. The lowest BCUT2D eigenvalue weighted by molar-refractivity contribution is 0.0865. The Morgan fingerprint density at radius 1 is 1.47 bits per heavy atom. The third-order valence-electron chi connectivity index (χ3n) is 3.02. The fourth-order valence-corrected chi connectivity index (χ4v) is 1.90. The number of aryl methyl sites for hydroxylation is 1. The van der Waals surface area contributed by atoms with E-state index in [0.29, 0.717) is 13.1 Å². The van der Waals surface area contributed by atoms with Crippen molar-refractivity contribution in [1.82, 2.24) is 14.8 Å². The summed E-state index contributed by atoms with van der Waals surface area (Å²) in [5, 5.41) is 0. The van der Waals surface area contributed by atoms with Gasteiger partial charge in [-0.1, -0.05) is 0 Å². The third kappa shape index (κ3) is 2.76. The standard InChI is InChI=1S/C11H17N3O3/c1-9-10(17-8-12-9)7-13-3-5-14(6-4-13)11(15)16-2/h8H,3-7H2,1-2H3. The van der Waals surface area contributed by atoms with Gasteiger partial charge in [-0.2, -0.15) is 0 Å². The molecule has 0 aliphatic carbocycles. The van der Waals surface area contributed by atoms with Gasteiger partial charge in [0.2, 0.25) is 0 Å². The average Bonchev–Trinajstić information content (AvgIpc) is 2.75. The normalized spacial score (nSPS) is 17.2. The number of carbonyl (C=O) groups is 1. The molecule has 0 spiro atoms. The van der Waals surface area contributed by atoms with E-state index >= 15 is 0 Å². The van der Waals surface area contributed by atoms with Gasteiger partial charge in [-0.25, -0.2) is 9.78 Å². The molecule has 1 aliphatic rings. The monoisotopic (exact) mass is 239 g/mol. The second-order valence-electron chi connectivity index (χ2n) is 4.09. The molecule has 17 heavy (non-hydrogen) atoms. The number of oxazole rings is 1.